The molecular formula is C29H45NO11. The van der Waals surface area contributed by atoms with Gasteiger partial charge in [-0.2, -0.15) is 0 Å². The van der Waals surface area contributed by atoms with Gasteiger partial charge in [-0.3, -0.25) is 4.79 Å². The summed E-state index contributed by atoms with van der Waals surface area (Å²) < 4.78 is 36.2. The summed E-state index contributed by atoms with van der Waals surface area (Å²) in [5.74, 6) is -0.703. The molecule has 232 valence electrons. The molecule has 0 aliphatic heterocycles. The Kier molecular flexibility index (Phi) is 16.9. The fourth-order valence-electron chi connectivity index (χ4n) is 3.60. The van der Waals surface area contributed by atoms with Crippen molar-refractivity contribution in [3.05, 3.63) is 23.8 Å². The molecule has 1 aromatic carbocycles. The lowest BCUT2D eigenvalue weighted by Crippen LogP contribution is -2.41. The number of carbonyl (C=O) groups is 4. The highest BCUT2D eigenvalue weighted by Crippen LogP contribution is 2.30. The number of nitrogens with one attached hydrogen (secondary N) is 1. The van der Waals surface area contributed by atoms with Gasteiger partial charge >= 0.3 is 24.4 Å². The summed E-state index contributed by atoms with van der Waals surface area (Å²) in [5, 5.41) is 2.98. The van der Waals surface area contributed by atoms with Crippen LogP contribution in [-0.2, 0) is 34.9 Å². The molecule has 0 heterocycles. The van der Waals surface area contributed by atoms with E-state index in [4.69, 9.17) is 33.2 Å². The average Bonchev–Trinajstić information content (AvgIpc) is 2.91. The number of carbonyl (C=O) groups excluding carboxylic acids is 4. The van der Waals surface area contributed by atoms with Crippen molar-refractivity contribution in [1.29, 1.82) is 0 Å². The van der Waals surface area contributed by atoms with Crippen molar-refractivity contribution in [2.45, 2.75) is 104 Å². The van der Waals surface area contributed by atoms with E-state index >= 15 is 0 Å². The van der Waals surface area contributed by atoms with E-state index in [9.17, 15) is 19.2 Å². The van der Waals surface area contributed by atoms with Crippen LogP contribution in [0.25, 0.3) is 0 Å². The number of benzene rings is 1. The van der Waals surface area contributed by atoms with Crippen LogP contribution in [0.15, 0.2) is 18.2 Å². The summed E-state index contributed by atoms with van der Waals surface area (Å²) in [6.07, 6.45) is -0.0114. The molecule has 0 saturated carbocycles. The van der Waals surface area contributed by atoms with Crippen LogP contribution >= 0.6 is 0 Å². The van der Waals surface area contributed by atoms with Gasteiger partial charge in [0.2, 0.25) is 0 Å². The van der Waals surface area contributed by atoms with E-state index in [0.717, 1.165) is 12.8 Å². The Labute approximate surface area is 242 Å². The van der Waals surface area contributed by atoms with Crippen molar-refractivity contribution in [2.75, 3.05) is 20.3 Å². The molecular weight excluding hydrogens is 538 g/mol. The zero-order chi connectivity index (χ0) is 30.8. The van der Waals surface area contributed by atoms with Crippen LogP contribution in [-0.4, -0.2) is 69.1 Å². The molecule has 0 bridgehead atoms. The maximum Gasteiger partial charge on any atom is 0.514 e. The summed E-state index contributed by atoms with van der Waals surface area (Å²) >= 11 is 0. The zero-order valence-corrected chi connectivity index (χ0v) is 25.2. The van der Waals surface area contributed by atoms with E-state index in [0.29, 0.717) is 24.8 Å². The first-order valence-corrected chi connectivity index (χ1v) is 14.1. The highest BCUT2D eigenvalue weighted by Gasteiger charge is 2.23. The average molecular weight is 584 g/mol. The Balaban J connectivity index is 3.02. The molecule has 1 aromatic rings. The maximum atomic E-state index is 12.4. The summed E-state index contributed by atoms with van der Waals surface area (Å²) in [4.78, 5) is 48.9. The van der Waals surface area contributed by atoms with Crippen molar-refractivity contribution < 1.29 is 52.3 Å². The quantitative estimate of drug-likeness (QED) is 0.104. The van der Waals surface area contributed by atoms with Crippen LogP contribution in [0, 0.1) is 0 Å². The molecule has 41 heavy (non-hydrogen) atoms. The lowest BCUT2D eigenvalue weighted by atomic mass is 10.1. The van der Waals surface area contributed by atoms with E-state index in [1.165, 1.54) is 19.2 Å². The number of methoxy groups -OCH3 is 1. The first-order chi connectivity index (χ1) is 19.5. The first kappa shape index (κ1) is 35.5. The largest absolute Gasteiger partial charge is 0.514 e. The van der Waals surface area contributed by atoms with Crippen molar-refractivity contribution in [3.8, 4) is 11.5 Å². The van der Waals surface area contributed by atoms with Crippen LogP contribution in [0.2, 0.25) is 0 Å². The number of rotatable bonds is 17. The van der Waals surface area contributed by atoms with Gasteiger partial charge in [0.05, 0.1) is 7.11 Å². The molecule has 0 spiro atoms. The molecule has 1 N–H and O–H groups in total. The van der Waals surface area contributed by atoms with Crippen LogP contribution in [0.5, 0.6) is 11.5 Å². The fourth-order valence-corrected chi connectivity index (χ4v) is 3.60. The minimum absolute atomic E-state index is 0.0374. The van der Waals surface area contributed by atoms with Gasteiger partial charge in [-0.25, -0.2) is 14.4 Å². The smallest absolute Gasteiger partial charge is 0.468 e. The third-order valence-corrected chi connectivity index (χ3v) is 5.89. The second kappa shape index (κ2) is 19.5. The molecule has 0 amide bonds. The third-order valence-electron chi connectivity index (χ3n) is 5.89. The predicted molar refractivity (Wildman–Crippen MR) is 149 cm³/mol. The van der Waals surface area contributed by atoms with Crippen molar-refractivity contribution >= 4 is 24.4 Å². The van der Waals surface area contributed by atoms with Gasteiger partial charge in [0.15, 0.2) is 11.5 Å². The lowest BCUT2D eigenvalue weighted by Gasteiger charge is -2.19. The fraction of sp³-hybridized carbons (Fsp3) is 0.655. The predicted octanol–water partition coefficient (Wildman–Crippen LogP) is 5.72. The molecule has 0 aromatic heterocycles. The zero-order valence-electron chi connectivity index (χ0n) is 25.2. The number of hydrogen-bond donors (Lipinski definition) is 1. The third kappa shape index (κ3) is 14.6. The monoisotopic (exact) mass is 583 g/mol. The number of ether oxygens (including phenoxy) is 7. The molecule has 3 unspecified atom stereocenters. The Bertz CT molecular complexity index is 968. The number of esters is 1. The Morgan fingerprint density at radius 3 is 1.88 bits per heavy atom. The van der Waals surface area contributed by atoms with E-state index in [-0.39, 0.29) is 49.4 Å². The molecule has 1 rings (SSSR count). The van der Waals surface area contributed by atoms with E-state index in [1.807, 2.05) is 20.8 Å². The normalized spacial score (nSPS) is 13.6. The van der Waals surface area contributed by atoms with Crippen molar-refractivity contribution in [2.24, 2.45) is 0 Å². The molecule has 0 radical (unpaired) electrons. The van der Waals surface area contributed by atoms with Gasteiger partial charge in [-0.15, -0.1) is 0 Å². The van der Waals surface area contributed by atoms with Gasteiger partial charge in [0.25, 0.3) is 0 Å². The minimum Gasteiger partial charge on any atom is -0.468 e. The van der Waals surface area contributed by atoms with Gasteiger partial charge in [0.1, 0.15) is 31.0 Å². The van der Waals surface area contributed by atoms with E-state index in [1.54, 1.807) is 26.8 Å². The molecule has 0 saturated heterocycles. The summed E-state index contributed by atoms with van der Waals surface area (Å²) in [6, 6.07) is 3.67. The Hall–Kier alpha value is -3.54. The lowest BCUT2D eigenvalue weighted by molar-refractivity contribution is -0.143. The molecule has 0 fully saturated rings. The van der Waals surface area contributed by atoms with Crippen LogP contribution < -0.4 is 14.8 Å². The minimum atomic E-state index is -0.968. The standard InChI is InChI=1S/C29H45NO11/c1-8-11-20(5)38-28(33)40-24-14-13-22(18-25(24)41-29(34)39-21(6)12-9-2)17-23(26(31)35-7)30-15-16-36-27(32)37-19(4)10-3/h13-14,18-21,23,30H,8-12,15-17H2,1-7H3/t19?,20?,21?,23-/m0/s1. The highest BCUT2D eigenvalue weighted by atomic mass is 16.8. The van der Waals surface area contributed by atoms with Crippen LogP contribution in [0.3, 0.4) is 0 Å². The van der Waals surface area contributed by atoms with E-state index in [2.05, 4.69) is 5.32 Å². The van der Waals surface area contributed by atoms with Gasteiger partial charge in [-0.1, -0.05) is 39.7 Å². The molecule has 12 heteroatoms. The van der Waals surface area contributed by atoms with Crippen LogP contribution in [0.4, 0.5) is 14.4 Å². The maximum absolute atomic E-state index is 12.4. The SMILES string of the molecule is CCCC(C)OC(=O)Oc1ccc(C[C@H](NCCOC(=O)OC(C)CC)C(=O)OC)cc1OC(=O)OC(C)CCC. The van der Waals surface area contributed by atoms with Gasteiger partial charge in [-0.05, 0) is 64.2 Å². The second-order valence-corrected chi connectivity index (χ2v) is 9.59. The number of hydrogen-bond acceptors (Lipinski definition) is 12. The molecule has 4 atom stereocenters. The van der Waals surface area contributed by atoms with Crippen molar-refractivity contribution in [3.63, 3.8) is 0 Å². The molecule has 12 nitrogen and oxygen atoms in total. The second-order valence-electron chi connectivity index (χ2n) is 9.59. The van der Waals surface area contributed by atoms with E-state index < -0.39 is 30.5 Å². The molecule has 0 aliphatic rings. The Morgan fingerprint density at radius 2 is 1.34 bits per heavy atom. The van der Waals surface area contributed by atoms with Crippen LogP contribution in [0.1, 0.15) is 79.2 Å². The summed E-state index contributed by atoms with van der Waals surface area (Å²) in [6.45, 7) is 11.2. The topological polar surface area (TPSA) is 145 Å². The summed E-state index contributed by atoms with van der Waals surface area (Å²) in [5.41, 5.74) is 0.550. The molecule has 0 aliphatic carbocycles. The summed E-state index contributed by atoms with van der Waals surface area (Å²) in [7, 11) is 1.25. The Morgan fingerprint density at radius 1 is 0.780 bits per heavy atom. The first-order valence-electron chi connectivity index (χ1n) is 14.1. The highest BCUT2D eigenvalue weighted by molar-refractivity contribution is 5.76. The van der Waals surface area contributed by atoms with Gasteiger partial charge < -0.3 is 38.5 Å². The van der Waals surface area contributed by atoms with Gasteiger partial charge in [0, 0.05) is 6.54 Å². The van der Waals surface area contributed by atoms with Crippen molar-refractivity contribution in [1.82, 2.24) is 5.32 Å².